The van der Waals surface area contributed by atoms with Crippen molar-refractivity contribution in [1.29, 1.82) is 0 Å². The monoisotopic (exact) mass is 243 g/mol. The van der Waals surface area contributed by atoms with Gasteiger partial charge >= 0.3 is 0 Å². The Balaban J connectivity index is 2.37. The minimum absolute atomic E-state index is 0.0907. The maximum Gasteiger partial charge on any atom is 0.159 e. The lowest BCUT2D eigenvalue weighted by atomic mass is 9.76. The van der Waals surface area contributed by atoms with Gasteiger partial charge in [-0.15, -0.1) is 0 Å². The van der Waals surface area contributed by atoms with Crippen LogP contribution in [-0.2, 0) is 0 Å². The quantitative estimate of drug-likeness (QED) is 0.628. The summed E-state index contributed by atoms with van der Waals surface area (Å²) in [5.74, 6) is 0.0907. The molecule has 1 aromatic rings. The average molecular weight is 243 g/mol. The zero-order valence-corrected chi connectivity index (χ0v) is 11.4. The summed E-state index contributed by atoms with van der Waals surface area (Å²) in [4.78, 5) is 11.4. The van der Waals surface area contributed by atoms with E-state index in [1.165, 1.54) is 12.0 Å². The van der Waals surface area contributed by atoms with Crippen LogP contribution in [0.5, 0.6) is 0 Å². The van der Waals surface area contributed by atoms with Crippen LogP contribution in [0.4, 0.5) is 5.69 Å². The Hall–Kier alpha value is -1.57. The molecule has 2 rings (SSSR count). The highest BCUT2D eigenvalue weighted by Gasteiger charge is 2.22. The molecule has 0 bridgehead atoms. The first-order valence-electron chi connectivity index (χ1n) is 6.49. The molecule has 0 unspecified atom stereocenters. The van der Waals surface area contributed by atoms with Crippen LogP contribution in [0, 0.1) is 5.41 Å². The molecule has 0 heterocycles. The SMILES string of the molecule is CC(=O)c1ccc(N)c(C2=CCC(C)(C)CC2)c1. The van der Waals surface area contributed by atoms with Crippen molar-refractivity contribution in [2.75, 3.05) is 5.73 Å². The molecular weight excluding hydrogens is 222 g/mol. The summed E-state index contributed by atoms with van der Waals surface area (Å²) in [7, 11) is 0. The summed E-state index contributed by atoms with van der Waals surface area (Å²) in [6, 6.07) is 5.57. The second-order valence-electron chi connectivity index (χ2n) is 5.96. The number of hydrogen-bond acceptors (Lipinski definition) is 2. The summed E-state index contributed by atoms with van der Waals surface area (Å²) in [5.41, 5.74) is 10.3. The average Bonchev–Trinajstić information content (AvgIpc) is 2.30. The van der Waals surface area contributed by atoms with E-state index in [1.54, 1.807) is 13.0 Å². The van der Waals surface area contributed by atoms with Crippen molar-refractivity contribution < 1.29 is 4.79 Å². The maximum atomic E-state index is 11.4. The third-order valence-electron chi connectivity index (χ3n) is 3.78. The number of rotatable bonds is 2. The van der Waals surface area contributed by atoms with Crippen LogP contribution >= 0.6 is 0 Å². The van der Waals surface area contributed by atoms with E-state index in [1.807, 2.05) is 12.1 Å². The van der Waals surface area contributed by atoms with Gasteiger partial charge in [0, 0.05) is 16.8 Å². The molecule has 1 aromatic carbocycles. The zero-order chi connectivity index (χ0) is 13.3. The molecule has 2 N–H and O–H groups in total. The van der Waals surface area contributed by atoms with Gasteiger partial charge in [0.1, 0.15) is 0 Å². The van der Waals surface area contributed by atoms with E-state index in [0.29, 0.717) is 5.41 Å². The number of carbonyl (C=O) groups is 1. The van der Waals surface area contributed by atoms with Gasteiger partial charge in [-0.1, -0.05) is 19.9 Å². The lowest BCUT2D eigenvalue weighted by molar-refractivity contribution is 0.101. The normalized spacial score (nSPS) is 18.3. The van der Waals surface area contributed by atoms with Gasteiger partial charge in [0.2, 0.25) is 0 Å². The van der Waals surface area contributed by atoms with Gasteiger partial charge in [0.25, 0.3) is 0 Å². The number of nitrogen functional groups attached to an aromatic ring is 1. The number of hydrogen-bond donors (Lipinski definition) is 1. The van der Waals surface area contributed by atoms with Crippen LogP contribution in [0.2, 0.25) is 0 Å². The minimum atomic E-state index is 0.0907. The molecule has 0 aliphatic heterocycles. The van der Waals surface area contributed by atoms with Crippen molar-refractivity contribution in [2.45, 2.75) is 40.0 Å². The number of allylic oxidation sites excluding steroid dienone is 2. The molecule has 1 aliphatic carbocycles. The highest BCUT2D eigenvalue weighted by molar-refractivity contribution is 5.96. The van der Waals surface area contributed by atoms with Gasteiger partial charge < -0.3 is 5.73 Å². The lowest BCUT2D eigenvalue weighted by Crippen LogP contribution is -2.14. The highest BCUT2D eigenvalue weighted by Crippen LogP contribution is 2.39. The highest BCUT2D eigenvalue weighted by atomic mass is 16.1. The van der Waals surface area contributed by atoms with E-state index in [9.17, 15) is 4.79 Å². The van der Waals surface area contributed by atoms with Crippen LogP contribution in [0.3, 0.4) is 0 Å². The molecular formula is C16H21NO. The summed E-state index contributed by atoms with van der Waals surface area (Å²) in [6.07, 6.45) is 5.56. The van der Waals surface area contributed by atoms with Crippen LogP contribution < -0.4 is 5.73 Å². The first-order chi connectivity index (χ1) is 8.39. The Morgan fingerprint density at radius 3 is 2.61 bits per heavy atom. The molecule has 0 radical (unpaired) electrons. The molecule has 2 nitrogen and oxygen atoms in total. The number of benzene rings is 1. The van der Waals surface area contributed by atoms with E-state index in [0.717, 1.165) is 29.7 Å². The molecule has 0 spiro atoms. The molecule has 96 valence electrons. The number of Topliss-reactive ketones (excluding diaryl/α,β-unsaturated/α-hetero) is 1. The predicted molar refractivity (Wildman–Crippen MR) is 76.5 cm³/mol. The largest absolute Gasteiger partial charge is 0.398 e. The van der Waals surface area contributed by atoms with Crippen LogP contribution in [0.15, 0.2) is 24.3 Å². The van der Waals surface area contributed by atoms with Gasteiger partial charge in [-0.2, -0.15) is 0 Å². The topological polar surface area (TPSA) is 43.1 Å². The molecule has 2 heteroatoms. The molecule has 0 atom stereocenters. The smallest absolute Gasteiger partial charge is 0.159 e. The van der Waals surface area contributed by atoms with Crippen molar-refractivity contribution in [2.24, 2.45) is 5.41 Å². The fourth-order valence-corrected chi connectivity index (χ4v) is 2.37. The Bertz CT molecular complexity index is 512. The summed E-state index contributed by atoms with van der Waals surface area (Å²) >= 11 is 0. The Morgan fingerprint density at radius 1 is 1.33 bits per heavy atom. The minimum Gasteiger partial charge on any atom is -0.398 e. The van der Waals surface area contributed by atoms with E-state index in [-0.39, 0.29) is 5.78 Å². The maximum absolute atomic E-state index is 11.4. The van der Waals surface area contributed by atoms with Gasteiger partial charge in [-0.25, -0.2) is 0 Å². The first kappa shape index (κ1) is 12.9. The fraction of sp³-hybridized carbons (Fsp3) is 0.438. The van der Waals surface area contributed by atoms with Gasteiger partial charge in [0.15, 0.2) is 5.78 Å². The second kappa shape index (κ2) is 4.60. The van der Waals surface area contributed by atoms with Crippen LogP contribution in [-0.4, -0.2) is 5.78 Å². The molecule has 18 heavy (non-hydrogen) atoms. The van der Waals surface area contributed by atoms with Gasteiger partial charge in [-0.3, -0.25) is 4.79 Å². The zero-order valence-electron chi connectivity index (χ0n) is 11.4. The fourth-order valence-electron chi connectivity index (χ4n) is 2.37. The van der Waals surface area contributed by atoms with E-state index < -0.39 is 0 Å². The molecule has 1 aliphatic rings. The Kier molecular flexibility index (Phi) is 3.29. The Morgan fingerprint density at radius 2 is 2.06 bits per heavy atom. The standard InChI is InChI=1S/C16H21NO/c1-11(18)13-4-5-15(17)14(10-13)12-6-8-16(2,3)9-7-12/h4-6,10H,7-9,17H2,1-3H3. The van der Waals surface area contributed by atoms with Gasteiger partial charge in [0.05, 0.1) is 0 Å². The van der Waals surface area contributed by atoms with E-state index in [2.05, 4.69) is 19.9 Å². The third kappa shape index (κ3) is 2.63. The molecule has 0 fully saturated rings. The number of nitrogens with two attached hydrogens (primary N) is 1. The van der Waals surface area contributed by atoms with Crippen molar-refractivity contribution in [1.82, 2.24) is 0 Å². The summed E-state index contributed by atoms with van der Waals surface area (Å²) in [5, 5.41) is 0. The van der Waals surface area contributed by atoms with Crippen molar-refractivity contribution in [3.8, 4) is 0 Å². The molecule has 0 saturated carbocycles. The summed E-state index contributed by atoms with van der Waals surface area (Å²) in [6.45, 7) is 6.17. The van der Waals surface area contributed by atoms with E-state index in [4.69, 9.17) is 5.73 Å². The third-order valence-corrected chi connectivity index (χ3v) is 3.78. The van der Waals surface area contributed by atoms with Crippen LogP contribution in [0.1, 0.15) is 56.0 Å². The lowest BCUT2D eigenvalue weighted by Gasteiger charge is -2.29. The summed E-state index contributed by atoms with van der Waals surface area (Å²) < 4.78 is 0. The van der Waals surface area contributed by atoms with Crippen molar-refractivity contribution >= 4 is 17.0 Å². The molecule has 0 saturated heterocycles. The number of ketones is 1. The van der Waals surface area contributed by atoms with Crippen molar-refractivity contribution in [3.63, 3.8) is 0 Å². The second-order valence-corrected chi connectivity index (χ2v) is 5.96. The van der Waals surface area contributed by atoms with Gasteiger partial charge in [-0.05, 0) is 55.4 Å². The van der Waals surface area contributed by atoms with Crippen molar-refractivity contribution in [3.05, 3.63) is 35.4 Å². The molecule has 0 amide bonds. The molecule has 0 aromatic heterocycles. The number of carbonyl (C=O) groups excluding carboxylic acids is 1. The predicted octanol–water partition coefficient (Wildman–Crippen LogP) is 4.06. The van der Waals surface area contributed by atoms with Crippen LogP contribution in [0.25, 0.3) is 5.57 Å². The Labute approximate surface area is 109 Å². The number of anilines is 1. The van der Waals surface area contributed by atoms with E-state index >= 15 is 0 Å². The first-order valence-corrected chi connectivity index (χ1v) is 6.49.